The highest BCUT2D eigenvalue weighted by atomic mass is 16.3. The van der Waals surface area contributed by atoms with Crippen LogP contribution in [0.5, 0.6) is 11.5 Å². The van der Waals surface area contributed by atoms with Crippen LogP contribution in [0.2, 0.25) is 0 Å². The lowest BCUT2D eigenvalue weighted by Gasteiger charge is -2.04. The van der Waals surface area contributed by atoms with Gasteiger partial charge in [0.2, 0.25) is 0 Å². The summed E-state index contributed by atoms with van der Waals surface area (Å²) in [4.78, 5) is 0. The predicted octanol–water partition coefficient (Wildman–Crippen LogP) is 4.83. The first kappa shape index (κ1) is 15.4. The highest BCUT2D eigenvalue weighted by Gasteiger charge is 1.97. The molecule has 0 bridgehead atoms. The van der Waals surface area contributed by atoms with Crippen molar-refractivity contribution in [2.45, 2.75) is 44.9 Å². The van der Waals surface area contributed by atoms with Crippen LogP contribution in [-0.2, 0) is 12.8 Å². The molecular formula is C19H24O2. The lowest BCUT2D eigenvalue weighted by Crippen LogP contribution is -1.88. The Kier molecular flexibility index (Phi) is 6.14. The SMILES string of the molecule is Oc1ccc(CCCCCCCc2ccc(O)cc2)cc1. The molecule has 0 aliphatic rings. The number of rotatable bonds is 8. The highest BCUT2D eigenvalue weighted by Crippen LogP contribution is 2.15. The van der Waals surface area contributed by atoms with Crippen LogP contribution in [0.1, 0.15) is 43.2 Å². The molecule has 0 heterocycles. The molecule has 0 radical (unpaired) electrons. The van der Waals surface area contributed by atoms with Crippen molar-refractivity contribution < 1.29 is 10.2 Å². The maximum atomic E-state index is 9.22. The molecule has 2 aromatic carbocycles. The molecular weight excluding hydrogens is 260 g/mol. The van der Waals surface area contributed by atoms with Crippen molar-refractivity contribution in [1.29, 1.82) is 0 Å². The van der Waals surface area contributed by atoms with Crippen molar-refractivity contribution in [3.05, 3.63) is 59.7 Å². The summed E-state index contributed by atoms with van der Waals surface area (Å²) in [5.41, 5.74) is 2.61. The van der Waals surface area contributed by atoms with Crippen LogP contribution in [-0.4, -0.2) is 10.2 Å². The van der Waals surface area contributed by atoms with Gasteiger partial charge in [-0.1, -0.05) is 43.5 Å². The Bertz CT molecular complexity index is 465. The predicted molar refractivity (Wildman–Crippen MR) is 86.7 cm³/mol. The van der Waals surface area contributed by atoms with E-state index in [2.05, 4.69) is 0 Å². The highest BCUT2D eigenvalue weighted by molar-refractivity contribution is 5.26. The molecule has 2 N–H and O–H groups in total. The number of phenolic OH excluding ortho intramolecular Hbond substituents is 2. The Balaban J connectivity index is 1.52. The van der Waals surface area contributed by atoms with Crippen molar-refractivity contribution in [3.63, 3.8) is 0 Å². The van der Waals surface area contributed by atoms with E-state index in [0.29, 0.717) is 11.5 Å². The van der Waals surface area contributed by atoms with Crippen molar-refractivity contribution in [1.82, 2.24) is 0 Å². The quantitative estimate of drug-likeness (QED) is 0.681. The number of unbranched alkanes of at least 4 members (excludes halogenated alkanes) is 4. The average molecular weight is 284 g/mol. The molecule has 0 saturated carbocycles. The fourth-order valence-corrected chi connectivity index (χ4v) is 2.51. The van der Waals surface area contributed by atoms with E-state index in [1.54, 1.807) is 24.3 Å². The van der Waals surface area contributed by atoms with Gasteiger partial charge in [0.15, 0.2) is 0 Å². The van der Waals surface area contributed by atoms with Gasteiger partial charge in [-0.2, -0.15) is 0 Å². The summed E-state index contributed by atoms with van der Waals surface area (Å²) in [7, 11) is 0. The second-order valence-electron chi connectivity index (χ2n) is 5.60. The molecule has 2 aromatic rings. The molecule has 2 heteroatoms. The third-order valence-corrected chi connectivity index (χ3v) is 3.80. The Morgan fingerprint density at radius 3 is 1.19 bits per heavy atom. The first-order valence-electron chi connectivity index (χ1n) is 7.80. The summed E-state index contributed by atoms with van der Waals surface area (Å²) in [6.45, 7) is 0. The van der Waals surface area contributed by atoms with Crippen LogP contribution in [0.4, 0.5) is 0 Å². The summed E-state index contributed by atoms with van der Waals surface area (Å²) in [5.74, 6) is 0.681. The Morgan fingerprint density at radius 1 is 0.476 bits per heavy atom. The Labute approximate surface area is 127 Å². The van der Waals surface area contributed by atoms with Gasteiger partial charge >= 0.3 is 0 Å². The minimum atomic E-state index is 0.341. The topological polar surface area (TPSA) is 40.5 Å². The monoisotopic (exact) mass is 284 g/mol. The van der Waals surface area contributed by atoms with Crippen molar-refractivity contribution >= 4 is 0 Å². The van der Waals surface area contributed by atoms with Gasteiger partial charge in [0.1, 0.15) is 11.5 Å². The summed E-state index contributed by atoms with van der Waals surface area (Å²) < 4.78 is 0. The van der Waals surface area contributed by atoms with E-state index >= 15 is 0 Å². The number of aromatic hydroxyl groups is 2. The molecule has 0 fully saturated rings. The molecule has 0 spiro atoms. The standard InChI is InChI=1S/C19H24O2/c20-18-12-8-16(9-13-18)6-4-2-1-3-5-7-17-10-14-19(21)15-11-17/h8-15,20-21H,1-7H2. The molecule has 0 atom stereocenters. The van der Waals surface area contributed by atoms with Crippen molar-refractivity contribution in [2.24, 2.45) is 0 Å². The van der Waals surface area contributed by atoms with Crippen molar-refractivity contribution in [2.75, 3.05) is 0 Å². The van der Waals surface area contributed by atoms with Crippen LogP contribution >= 0.6 is 0 Å². The second kappa shape index (κ2) is 8.35. The lowest BCUT2D eigenvalue weighted by molar-refractivity contribution is 0.474. The number of hydrogen-bond acceptors (Lipinski definition) is 2. The molecule has 0 aliphatic heterocycles. The van der Waals surface area contributed by atoms with Crippen molar-refractivity contribution in [3.8, 4) is 11.5 Å². The summed E-state index contributed by atoms with van der Waals surface area (Å²) in [6, 6.07) is 15.0. The van der Waals surface area contributed by atoms with Crippen LogP contribution in [0.3, 0.4) is 0 Å². The van der Waals surface area contributed by atoms with E-state index in [1.807, 2.05) is 24.3 Å². The molecule has 112 valence electrons. The van der Waals surface area contributed by atoms with Crippen LogP contribution < -0.4 is 0 Å². The number of aryl methyl sites for hydroxylation is 2. The van der Waals surface area contributed by atoms with Crippen LogP contribution in [0, 0.1) is 0 Å². The van der Waals surface area contributed by atoms with Gasteiger partial charge in [-0.05, 0) is 61.1 Å². The summed E-state index contributed by atoms with van der Waals surface area (Å²) in [5, 5.41) is 18.4. The zero-order valence-electron chi connectivity index (χ0n) is 12.5. The van der Waals surface area contributed by atoms with E-state index in [0.717, 1.165) is 12.8 Å². The normalized spacial score (nSPS) is 10.7. The summed E-state index contributed by atoms with van der Waals surface area (Å²) >= 11 is 0. The molecule has 0 amide bonds. The zero-order chi connectivity index (χ0) is 14.9. The fraction of sp³-hybridized carbons (Fsp3) is 0.368. The zero-order valence-corrected chi connectivity index (χ0v) is 12.5. The van der Waals surface area contributed by atoms with Gasteiger partial charge in [-0.15, -0.1) is 0 Å². The first-order chi connectivity index (χ1) is 10.2. The molecule has 0 saturated heterocycles. The molecule has 2 nitrogen and oxygen atoms in total. The average Bonchev–Trinajstić information content (AvgIpc) is 2.50. The van der Waals surface area contributed by atoms with Gasteiger partial charge in [0.25, 0.3) is 0 Å². The molecule has 0 aromatic heterocycles. The van der Waals surface area contributed by atoms with Gasteiger partial charge in [0, 0.05) is 0 Å². The maximum absolute atomic E-state index is 9.22. The third-order valence-electron chi connectivity index (χ3n) is 3.80. The smallest absolute Gasteiger partial charge is 0.115 e. The van der Waals surface area contributed by atoms with E-state index < -0.39 is 0 Å². The van der Waals surface area contributed by atoms with E-state index in [9.17, 15) is 10.2 Å². The minimum absolute atomic E-state index is 0.341. The van der Waals surface area contributed by atoms with Gasteiger partial charge in [0.05, 0.1) is 0 Å². The van der Waals surface area contributed by atoms with Crippen LogP contribution in [0.15, 0.2) is 48.5 Å². The van der Waals surface area contributed by atoms with Crippen LogP contribution in [0.25, 0.3) is 0 Å². The summed E-state index contributed by atoms with van der Waals surface area (Å²) in [6.07, 6.45) is 8.41. The number of hydrogen-bond donors (Lipinski definition) is 2. The Morgan fingerprint density at radius 2 is 0.810 bits per heavy atom. The van der Waals surface area contributed by atoms with E-state index in [-0.39, 0.29) is 0 Å². The number of phenols is 2. The molecule has 21 heavy (non-hydrogen) atoms. The Hall–Kier alpha value is -1.96. The van der Waals surface area contributed by atoms with E-state index in [4.69, 9.17) is 0 Å². The second-order valence-corrected chi connectivity index (χ2v) is 5.60. The lowest BCUT2D eigenvalue weighted by atomic mass is 10.0. The minimum Gasteiger partial charge on any atom is -0.508 e. The first-order valence-corrected chi connectivity index (χ1v) is 7.80. The molecule has 0 aliphatic carbocycles. The van der Waals surface area contributed by atoms with Gasteiger partial charge < -0.3 is 10.2 Å². The van der Waals surface area contributed by atoms with Gasteiger partial charge in [-0.25, -0.2) is 0 Å². The molecule has 2 rings (SSSR count). The molecule has 0 unspecified atom stereocenters. The maximum Gasteiger partial charge on any atom is 0.115 e. The fourth-order valence-electron chi connectivity index (χ4n) is 2.51. The van der Waals surface area contributed by atoms with Gasteiger partial charge in [-0.3, -0.25) is 0 Å². The number of benzene rings is 2. The largest absolute Gasteiger partial charge is 0.508 e. The van der Waals surface area contributed by atoms with E-state index in [1.165, 1.54) is 43.2 Å². The third kappa shape index (κ3) is 5.90.